The summed E-state index contributed by atoms with van der Waals surface area (Å²) in [6, 6.07) is 8.31. The summed E-state index contributed by atoms with van der Waals surface area (Å²) in [7, 11) is -1.82. The van der Waals surface area contributed by atoms with Crippen LogP contribution in [0.3, 0.4) is 0 Å². The zero-order valence-corrected chi connectivity index (χ0v) is 15.4. The molecule has 0 spiro atoms. The molecule has 0 aliphatic rings. The first-order valence-electron chi connectivity index (χ1n) is 6.87. The molecule has 0 aliphatic heterocycles. The molecule has 2 rings (SSSR count). The van der Waals surface area contributed by atoms with Crippen molar-refractivity contribution in [1.29, 1.82) is 0 Å². The molecule has 0 unspecified atom stereocenters. The first-order chi connectivity index (χ1) is 9.24. The van der Waals surface area contributed by atoms with Crippen molar-refractivity contribution in [3.63, 3.8) is 0 Å². The van der Waals surface area contributed by atoms with Crippen molar-refractivity contribution in [2.45, 2.75) is 44.2 Å². The van der Waals surface area contributed by atoms with E-state index in [2.05, 4.69) is 73.0 Å². The first-order valence-corrected chi connectivity index (χ1v) is 10.9. The van der Waals surface area contributed by atoms with Crippen LogP contribution in [0.5, 0.6) is 5.75 Å². The summed E-state index contributed by atoms with van der Waals surface area (Å²) in [4.78, 5) is 4.42. The SMILES string of the molecule is CC(C)(C)[Si](C)(C)Oc1cccc2cnc(CBr)cc12. The van der Waals surface area contributed by atoms with Crippen molar-refractivity contribution in [3.8, 4) is 5.75 Å². The van der Waals surface area contributed by atoms with Gasteiger partial charge in [-0.3, -0.25) is 4.98 Å². The minimum atomic E-state index is -1.82. The van der Waals surface area contributed by atoms with Gasteiger partial charge in [0.25, 0.3) is 8.32 Å². The van der Waals surface area contributed by atoms with Crippen LogP contribution >= 0.6 is 15.9 Å². The number of benzene rings is 1. The number of nitrogens with zero attached hydrogens (tertiary/aromatic N) is 1. The molecule has 0 amide bonds. The fourth-order valence-electron chi connectivity index (χ4n) is 1.77. The lowest BCUT2D eigenvalue weighted by Gasteiger charge is -2.36. The smallest absolute Gasteiger partial charge is 0.250 e. The van der Waals surface area contributed by atoms with Crippen LogP contribution < -0.4 is 4.43 Å². The Kier molecular flexibility index (Phi) is 4.26. The lowest BCUT2D eigenvalue weighted by atomic mass is 10.1. The van der Waals surface area contributed by atoms with E-state index in [9.17, 15) is 0 Å². The molecule has 1 aromatic carbocycles. The fraction of sp³-hybridized carbons (Fsp3) is 0.438. The molecule has 0 fully saturated rings. The summed E-state index contributed by atoms with van der Waals surface area (Å²) in [5.74, 6) is 0.985. The molecular formula is C16H22BrNOSi. The quantitative estimate of drug-likeness (QED) is 0.536. The molecular weight excluding hydrogens is 330 g/mol. The fourth-order valence-corrected chi connectivity index (χ4v) is 3.12. The summed E-state index contributed by atoms with van der Waals surface area (Å²) in [6.45, 7) is 11.3. The lowest BCUT2D eigenvalue weighted by molar-refractivity contribution is 0.496. The molecule has 1 heterocycles. The van der Waals surface area contributed by atoms with Gasteiger partial charge >= 0.3 is 0 Å². The molecule has 4 heteroatoms. The van der Waals surface area contributed by atoms with E-state index in [0.717, 1.165) is 27.5 Å². The molecule has 0 saturated carbocycles. The van der Waals surface area contributed by atoms with Crippen LogP contribution in [0.15, 0.2) is 30.5 Å². The Morgan fingerprint density at radius 3 is 2.55 bits per heavy atom. The van der Waals surface area contributed by atoms with Gasteiger partial charge < -0.3 is 4.43 Å². The van der Waals surface area contributed by atoms with E-state index in [4.69, 9.17) is 4.43 Å². The van der Waals surface area contributed by atoms with Gasteiger partial charge in [0, 0.05) is 22.3 Å². The second-order valence-corrected chi connectivity index (χ2v) is 11.9. The highest BCUT2D eigenvalue weighted by molar-refractivity contribution is 9.08. The minimum absolute atomic E-state index is 0.195. The monoisotopic (exact) mass is 351 g/mol. The largest absolute Gasteiger partial charge is 0.543 e. The van der Waals surface area contributed by atoms with Gasteiger partial charge in [-0.2, -0.15) is 0 Å². The number of pyridine rings is 1. The Labute approximate surface area is 130 Å². The normalized spacial score (nSPS) is 12.7. The molecule has 2 aromatic rings. The Morgan fingerprint density at radius 1 is 1.25 bits per heavy atom. The van der Waals surface area contributed by atoms with Gasteiger partial charge in [0.1, 0.15) is 5.75 Å². The van der Waals surface area contributed by atoms with E-state index < -0.39 is 8.32 Å². The van der Waals surface area contributed by atoms with E-state index in [1.807, 2.05) is 12.3 Å². The third-order valence-corrected chi connectivity index (χ3v) is 9.01. The summed E-state index contributed by atoms with van der Waals surface area (Å²) in [6.07, 6.45) is 1.92. The van der Waals surface area contributed by atoms with E-state index in [-0.39, 0.29) is 5.04 Å². The van der Waals surface area contributed by atoms with Crippen molar-refractivity contribution in [1.82, 2.24) is 4.98 Å². The van der Waals surface area contributed by atoms with Gasteiger partial charge in [0.15, 0.2) is 0 Å². The average Bonchev–Trinajstić information content (AvgIpc) is 2.37. The van der Waals surface area contributed by atoms with Gasteiger partial charge in [-0.15, -0.1) is 0 Å². The Hall–Kier alpha value is -0.873. The number of alkyl halides is 1. The number of hydrogen-bond acceptors (Lipinski definition) is 2. The highest BCUT2D eigenvalue weighted by Crippen LogP contribution is 2.39. The van der Waals surface area contributed by atoms with Crippen LogP contribution in [0.4, 0.5) is 0 Å². The molecule has 0 radical (unpaired) electrons. The molecule has 0 bridgehead atoms. The highest BCUT2D eigenvalue weighted by Gasteiger charge is 2.39. The molecule has 0 aliphatic carbocycles. The second-order valence-electron chi connectivity index (χ2n) is 6.65. The first kappa shape index (κ1) is 15.5. The molecule has 0 saturated heterocycles. The number of hydrogen-bond donors (Lipinski definition) is 0. The zero-order valence-electron chi connectivity index (χ0n) is 12.8. The van der Waals surface area contributed by atoms with Crippen LogP contribution in [-0.4, -0.2) is 13.3 Å². The van der Waals surface area contributed by atoms with Crippen LogP contribution in [-0.2, 0) is 5.33 Å². The zero-order chi connectivity index (χ0) is 15.0. The Bertz CT molecular complexity index is 619. The maximum atomic E-state index is 6.47. The van der Waals surface area contributed by atoms with Crippen molar-refractivity contribution in [3.05, 3.63) is 36.2 Å². The standard InChI is InChI=1S/C16H22BrNOSi/c1-16(2,3)20(4,5)19-15-8-6-7-12-11-18-13(10-17)9-14(12)15/h6-9,11H,10H2,1-5H3. The van der Waals surface area contributed by atoms with Crippen molar-refractivity contribution < 1.29 is 4.43 Å². The maximum absolute atomic E-state index is 6.47. The minimum Gasteiger partial charge on any atom is -0.543 e. The van der Waals surface area contributed by atoms with Crippen molar-refractivity contribution in [2.24, 2.45) is 0 Å². The average molecular weight is 352 g/mol. The van der Waals surface area contributed by atoms with Gasteiger partial charge in [0.05, 0.1) is 5.69 Å². The molecule has 0 N–H and O–H groups in total. The van der Waals surface area contributed by atoms with E-state index in [1.165, 1.54) is 0 Å². The lowest BCUT2D eigenvalue weighted by Crippen LogP contribution is -2.43. The summed E-state index contributed by atoms with van der Waals surface area (Å²) >= 11 is 3.47. The Balaban J connectivity index is 2.49. The predicted octanol–water partition coefficient (Wildman–Crippen LogP) is 5.51. The van der Waals surface area contributed by atoms with Gasteiger partial charge in [-0.1, -0.05) is 48.8 Å². The molecule has 20 heavy (non-hydrogen) atoms. The third-order valence-electron chi connectivity index (χ3n) is 4.09. The van der Waals surface area contributed by atoms with E-state index in [0.29, 0.717) is 0 Å². The second kappa shape index (κ2) is 5.49. The van der Waals surface area contributed by atoms with Crippen LogP contribution in [0.2, 0.25) is 18.1 Å². The van der Waals surface area contributed by atoms with Crippen LogP contribution in [0.1, 0.15) is 26.5 Å². The Morgan fingerprint density at radius 2 is 1.95 bits per heavy atom. The number of rotatable bonds is 3. The predicted molar refractivity (Wildman–Crippen MR) is 92.2 cm³/mol. The molecule has 1 aromatic heterocycles. The molecule has 2 nitrogen and oxygen atoms in total. The summed E-state index contributed by atoms with van der Waals surface area (Å²) in [5.41, 5.74) is 1.03. The van der Waals surface area contributed by atoms with E-state index in [1.54, 1.807) is 0 Å². The third kappa shape index (κ3) is 3.06. The number of aromatic nitrogens is 1. The molecule has 108 valence electrons. The highest BCUT2D eigenvalue weighted by atomic mass is 79.9. The molecule has 0 atom stereocenters. The van der Waals surface area contributed by atoms with Gasteiger partial charge in [-0.25, -0.2) is 0 Å². The van der Waals surface area contributed by atoms with Crippen LogP contribution in [0.25, 0.3) is 10.8 Å². The van der Waals surface area contributed by atoms with Gasteiger partial charge in [-0.05, 0) is 30.3 Å². The number of fused-ring (bicyclic) bond motifs is 1. The maximum Gasteiger partial charge on any atom is 0.250 e. The topological polar surface area (TPSA) is 22.1 Å². The van der Waals surface area contributed by atoms with Crippen molar-refractivity contribution in [2.75, 3.05) is 0 Å². The van der Waals surface area contributed by atoms with Crippen molar-refractivity contribution >= 4 is 35.0 Å². The van der Waals surface area contributed by atoms with Crippen LogP contribution in [0, 0.1) is 0 Å². The van der Waals surface area contributed by atoms with E-state index >= 15 is 0 Å². The van der Waals surface area contributed by atoms with Gasteiger partial charge in [0.2, 0.25) is 0 Å². The summed E-state index contributed by atoms with van der Waals surface area (Å²) < 4.78 is 6.47. The number of halogens is 1. The summed E-state index contributed by atoms with van der Waals surface area (Å²) in [5, 5.41) is 3.24.